The highest BCUT2D eigenvalue weighted by Crippen LogP contribution is 2.00. The van der Waals surface area contributed by atoms with Gasteiger partial charge in [0.1, 0.15) is 5.69 Å². The minimum atomic E-state index is 0.595. The van der Waals surface area contributed by atoms with Gasteiger partial charge < -0.3 is 0 Å². The summed E-state index contributed by atoms with van der Waals surface area (Å²) in [5.41, 5.74) is 7.67. The van der Waals surface area contributed by atoms with Crippen molar-refractivity contribution in [2.24, 2.45) is 0 Å². The van der Waals surface area contributed by atoms with Crippen molar-refractivity contribution in [2.75, 3.05) is 11.6 Å². The van der Waals surface area contributed by atoms with E-state index < -0.39 is 0 Å². The first-order valence-corrected chi connectivity index (χ1v) is 3.15. The van der Waals surface area contributed by atoms with Crippen LogP contribution in [-0.4, -0.2) is 0 Å². The minimum absolute atomic E-state index is 0.595. The fraction of sp³-hybridized carbons (Fsp3) is 0.286. The summed E-state index contributed by atoms with van der Waals surface area (Å²) in [5, 5.41) is 0. The average Bonchev–Trinajstić information content (AvgIpc) is 1.82. The smallest absolute Gasteiger partial charge is 0.285 e. The van der Waals surface area contributed by atoms with Gasteiger partial charge >= 0.3 is 0 Å². The Labute approximate surface area is 60.2 Å². The average molecular weight is 138 g/mol. The Morgan fingerprint density at radius 1 is 1.30 bits per heavy atom. The largest absolute Gasteiger partial charge is 0.295 e. The lowest BCUT2D eigenvalue weighted by molar-refractivity contribution is -0.630. The highest BCUT2D eigenvalue weighted by atomic mass is 15.3. The maximum absolute atomic E-state index is 5.56. The van der Waals surface area contributed by atoms with E-state index in [9.17, 15) is 0 Å². The van der Waals surface area contributed by atoms with E-state index in [0.29, 0.717) is 5.82 Å². The van der Waals surface area contributed by atoms with E-state index in [4.69, 9.17) is 11.6 Å². The Morgan fingerprint density at radius 2 is 1.90 bits per heavy atom. The predicted molar refractivity (Wildman–Crippen MR) is 40.7 cm³/mol. The first kappa shape index (κ1) is 6.86. The van der Waals surface area contributed by atoms with Crippen LogP contribution in [0.1, 0.15) is 11.3 Å². The van der Waals surface area contributed by atoms with E-state index in [0.717, 1.165) is 11.3 Å². The Balaban J connectivity index is 3.31. The molecule has 1 heterocycles. The molecule has 0 aliphatic rings. The number of aromatic nitrogens is 1. The summed E-state index contributed by atoms with van der Waals surface area (Å²) < 4.78 is 1.47. The quantitative estimate of drug-likeness (QED) is 0.388. The Bertz CT molecular complexity index is 232. The van der Waals surface area contributed by atoms with E-state index in [1.807, 2.05) is 26.0 Å². The third-order valence-corrected chi connectivity index (χ3v) is 1.47. The molecule has 0 unspecified atom stereocenters. The van der Waals surface area contributed by atoms with Crippen molar-refractivity contribution in [3.05, 3.63) is 23.4 Å². The molecule has 1 aromatic rings. The number of nitrogens with two attached hydrogens (primary N) is 2. The maximum atomic E-state index is 5.56. The molecular formula is C7H12N3+. The van der Waals surface area contributed by atoms with Gasteiger partial charge in [0.25, 0.3) is 5.82 Å². The van der Waals surface area contributed by atoms with Gasteiger partial charge in [-0.05, 0) is 18.6 Å². The molecule has 1 rings (SSSR count). The van der Waals surface area contributed by atoms with E-state index >= 15 is 0 Å². The second-order valence-corrected chi connectivity index (χ2v) is 2.47. The zero-order chi connectivity index (χ0) is 7.72. The second-order valence-electron chi connectivity index (χ2n) is 2.47. The van der Waals surface area contributed by atoms with Gasteiger partial charge in [-0.2, -0.15) is 0 Å². The molecule has 54 valence electrons. The highest BCUT2D eigenvalue weighted by Gasteiger charge is 2.03. The molecule has 0 aliphatic carbocycles. The van der Waals surface area contributed by atoms with Crippen molar-refractivity contribution in [3.8, 4) is 0 Å². The molecule has 3 heteroatoms. The zero-order valence-electron chi connectivity index (χ0n) is 6.26. The van der Waals surface area contributed by atoms with Crippen LogP contribution in [0.5, 0.6) is 0 Å². The highest BCUT2D eigenvalue weighted by molar-refractivity contribution is 5.27. The van der Waals surface area contributed by atoms with Gasteiger partial charge in [-0.1, -0.05) is 0 Å². The van der Waals surface area contributed by atoms with Crippen molar-refractivity contribution in [3.63, 3.8) is 0 Å². The van der Waals surface area contributed by atoms with Crippen molar-refractivity contribution in [1.82, 2.24) is 0 Å². The summed E-state index contributed by atoms with van der Waals surface area (Å²) in [5.74, 6) is 6.14. The van der Waals surface area contributed by atoms with Gasteiger partial charge in [-0.25, -0.2) is 0 Å². The Morgan fingerprint density at radius 3 is 2.40 bits per heavy atom. The molecule has 4 N–H and O–H groups in total. The van der Waals surface area contributed by atoms with Gasteiger partial charge in [-0.3, -0.25) is 11.6 Å². The van der Waals surface area contributed by atoms with Crippen LogP contribution in [0.15, 0.2) is 12.1 Å². The Hall–Kier alpha value is -1.25. The minimum Gasteiger partial charge on any atom is -0.285 e. The van der Waals surface area contributed by atoms with Crippen molar-refractivity contribution in [1.29, 1.82) is 0 Å². The molecule has 0 aliphatic heterocycles. The number of aryl methyl sites for hydroxylation is 2. The number of pyridine rings is 1. The molecule has 1 aromatic heterocycles. The number of hydrogen-bond donors (Lipinski definition) is 2. The van der Waals surface area contributed by atoms with Crippen LogP contribution in [0.2, 0.25) is 0 Å². The molecule has 0 atom stereocenters. The van der Waals surface area contributed by atoms with Gasteiger partial charge in [0.05, 0.1) is 0 Å². The van der Waals surface area contributed by atoms with Crippen molar-refractivity contribution >= 4 is 5.82 Å². The number of nitrogen functional groups attached to an aromatic ring is 2. The lowest BCUT2D eigenvalue weighted by atomic mass is 10.2. The van der Waals surface area contributed by atoms with Crippen LogP contribution in [0, 0.1) is 13.8 Å². The van der Waals surface area contributed by atoms with Crippen molar-refractivity contribution < 1.29 is 4.68 Å². The molecule has 0 amide bonds. The Kier molecular flexibility index (Phi) is 1.49. The topological polar surface area (TPSA) is 55.9 Å². The molecule has 10 heavy (non-hydrogen) atoms. The number of rotatable bonds is 0. The summed E-state index contributed by atoms with van der Waals surface area (Å²) in [6, 6.07) is 3.82. The predicted octanol–water partition coefficient (Wildman–Crippen LogP) is -0.113. The fourth-order valence-corrected chi connectivity index (χ4v) is 0.947. The summed E-state index contributed by atoms with van der Waals surface area (Å²) in [4.78, 5) is 0. The number of hydrogen-bond acceptors (Lipinski definition) is 2. The number of nitrogens with zero attached hydrogens (tertiary/aromatic N) is 1. The molecule has 0 saturated carbocycles. The molecule has 0 radical (unpaired) electrons. The summed E-state index contributed by atoms with van der Waals surface area (Å²) in [6.45, 7) is 3.91. The van der Waals surface area contributed by atoms with Gasteiger partial charge in [-0.15, -0.1) is 4.68 Å². The van der Waals surface area contributed by atoms with E-state index in [2.05, 4.69) is 0 Å². The lowest BCUT2D eigenvalue weighted by Crippen LogP contribution is -2.49. The van der Waals surface area contributed by atoms with Crippen LogP contribution in [0.4, 0.5) is 5.82 Å². The van der Waals surface area contributed by atoms with E-state index in [1.165, 1.54) is 4.68 Å². The van der Waals surface area contributed by atoms with Gasteiger partial charge in [0.15, 0.2) is 0 Å². The van der Waals surface area contributed by atoms with Crippen LogP contribution < -0.4 is 16.3 Å². The molecule has 0 spiro atoms. The summed E-state index contributed by atoms with van der Waals surface area (Å²) in [7, 11) is 0. The van der Waals surface area contributed by atoms with Gasteiger partial charge in [0.2, 0.25) is 0 Å². The molecule has 0 aromatic carbocycles. The fourth-order valence-electron chi connectivity index (χ4n) is 0.947. The molecule has 0 fully saturated rings. The molecular weight excluding hydrogens is 126 g/mol. The third kappa shape index (κ3) is 1.03. The summed E-state index contributed by atoms with van der Waals surface area (Å²) in [6.07, 6.45) is 0. The zero-order valence-corrected chi connectivity index (χ0v) is 6.26. The normalized spacial score (nSPS) is 9.80. The van der Waals surface area contributed by atoms with Crippen LogP contribution in [-0.2, 0) is 0 Å². The first-order chi connectivity index (χ1) is 4.61. The standard InChI is InChI=1S/C7H11N3/c1-5-3-6(2)10(9)7(8)4-5/h3-4,8H,9H2,1-2H3/p+1. The lowest BCUT2D eigenvalue weighted by Gasteiger charge is -1.99. The number of anilines is 1. The van der Waals surface area contributed by atoms with Crippen LogP contribution >= 0.6 is 0 Å². The molecule has 0 bridgehead atoms. The molecule has 3 nitrogen and oxygen atoms in total. The summed E-state index contributed by atoms with van der Waals surface area (Å²) >= 11 is 0. The van der Waals surface area contributed by atoms with Crippen LogP contribution in [0.3, 0.4) is 0 Å². The van der Waals surface area contributed by atoms with Crippen molar-refractivity contribution in [2.45, 2.75) is 13.8 Å². The molecule has 0 saturated heterocycles. The monoisotopic (exact) mass is 138 g/mol. The van der Waals surface area contributed by atoms with Gasteiger partial charge in [0, 0.05) is 13.0 Å². The SMILES string of the molecule is Cc1cc(C)[n+](N)c(N)c1. The second kappa shape index (κ2) is 2.17. The first-order valence-electron chi connectivity index (χ1n) is 3.15. The third-order valence-electron chi connectivity index (χ3n) is 1.47. The maximum Gasteiger partial charge on any atom is 0.295 e. The van der Waals surface area contributed by atoms with Crippen LogP contribution in [0.25, 0.3) is 0 Å². The van der Waals surface area contributed by atoms with E-state index in [1.54, 1.807) is 0 Å². The van der Waals surface area contributed by atoms with E-state index in [-0.39, 0.29) is 0 Å².